The van der Waals surface area contributed by atoms with Gasteiger partial charge in [-0.15, -0.1) is 0 Å². The number of carbonyl (C=O) groups is 2. The van der Waals surface area contributed by atoms with Crippen LogP contribution in [0.4, 0.5) is 10.1 Å². The lowest BCUT2D eigenvalue weighted by molar-refractivity contribution is 0.0946. The van der Waals surface area contributed by atoms with Crippen LogP contribution in [0.5, 0.6) is 5.75 Å². The van der Waals surface area contributed by atoms with E-state index in [0.29, 0.717) is 22.9 Å². The number of aromatic amines is 1. The Morgan fingerprint density at radius 1 is 1.22 bits per heavy atom. The van der Waals surface area contributed by atoms with E-state index < -0.39 is 17.6 Å². The summed E-state index contributed by atoms with van der Waals surface area (Å²) in [6, 6.07) is 13.7. The molecule has 2 heterocycles. The molecule has 8 nitrogen and oxygen atoms in total. The molecule has 3 aromatic carbocycles. The van der Waals surface area contributed by atoms with E-state index in [1.165, 1.54) is 19.2 Å². The molecule has 0 saturated carbocycles. The van der Waals surface area contributed by atoms with E-state index in [2.05, 4.69) is 27.3 Å². The fourth-order valence-corrected chi connectivity index (χ4v) is 5.04. The molecule has 1 atom stereocenters. The number of methoxy groups -OCH3 is 1. The number of benzene rings is 3. The molecule has 5 rings (SSSR count). The zero-order valence-electron chi connectivity index (χ0n) is 20.7. The first-order valence-electron chi connectivity index (χ1n) is 12.1. The summed E-state index contributed by atoms with van der Waals surface area (Å²) in [6.07, 6.45) is 3.95. The van der Waals surface area contributed by atoms with Gasteiger partial charge in [0.25, 0.3) is 11.8 Å². The lowest BCUT2D eigenvalue weighted by atomic mass is 9.94. The molecule has 0 radical (unpaired) electrons. The van der Waals surface area contributed by atoms with Crippen molar-refractivity contribution in [2.75, 3.05) is 18.6 Å². The number of nitrogens with one attached hydrogen (secondary N) is 2. The average Bonchev–Trinajstić information content (AvgIpc) is 3.55. The van der Waals surface area contributed by atoms with Crippen molar-refractivity contribution in [1.29, 1.82) is 0 Å². The molecule has 0 bridgehead atoms. The summed E-state index contributed by atoms with van der Waals surface area (Å²) in [5.41, 5.74) is 10.4. The van der Waals surface area contributed by atoms with E-state index in [0.717, 1.165) is 53.2 Å². The molecule has 1 fully saturated rings. The van der Waals surface area contributed by atoms with Crippen LogP contribution in [0.25, 0.3) is 22.0 Å². The Balaban J connectivity index is 1.44. The lowest BCUT2D eigenvalue weighted by Crippen LogP contribution is -2.26. The minimum absolute atomic E-state index is 0.127. The molecule has 1 aliphatic rings. The minimum Gasteiger partial charge on any atom is -0.496 e. The molecule has 190 valence electrons. The van der Waals surface area contributed by atoms with Crippen LogP contribution in [0.1, 0.15) is 46.0 Å². The third-order valence-corrected chi connectivity index (χ3v) is 6.95. The number of nitrogens with zero attached hydrogens (tertiary/aromatic N) is 2. The quantitative estimate of drug-likeness (QED) is 0.348. The summed E-state index contributed by atoms with van der Waals surface area (Å²) in [4.78, 5) is 27.5. The van der Waals surface area contributed by atoms with Crippen molar-refractivity contribution in [3.63, 3.8) is 0 Å². The maximum atomic E-state index is 13.6. The van der Waals surface area contributed by atoms with E-state index >= 15 is 0 Å². The van der Waals surface area contributed by atoms with Gasteiger partial charge >= 0.3 is 0 Å². The number of H-pyrrole nitrogens is 1. The van der Waals surface area contributed by atoms with Crippen LogP contribution < -0.4 is 20.7 Å². The SMILES string of the molecule is COc1ccc(F)cc1C(=O)NCc1ccc(-c2cc(N3CCCC3C)c3cn[nH]c3c2C(N)=O)cc1. The van der Waals surface area contributed by atoms with Crippen LogP contribution >= 0.6 is 0 Å². The van der Waals surface area contributed by atoms with Gasteiger partial charge in [-0.05, 0) is 60.7 Å². The predicted molar refractivity (Wildman–Crippen MR) is 140 cm³/mol. The van der Waals surface area contributed by atoms with Gasteiger partial charge in [-0.25, -0.2) is 4.39 Å². The van der Waals surface area contributed by atoms with Gasteiger partial charge in [-0.3, -0.25) is 14.7 Å². The Hall–Kier alpha value is -4.40. The van der Waals surface area contributed by atoms with Crippen molar-refractivity contribution in [3.05, 3.63) is 77.2 Å². The van der Waals surface area contributed by atoms with E-state index in [4.69, 9.17) is 10.5 Å². The van der Waals surface area contributed by atoms with Crippen molar-refractivity contribution in [1.82, 2.24) is 15.5 Å². The van der Waals surface area contributed by atoms with Crippen LogP contribution in [-0.4, -0.2) is 41.7 Å². The summed E-state index contributed by atoms with van der Waals surface area (Å²) >= 11 is 0. The minimum atomic E-state index is -0.536. The van der Waals surface area contributed by atoms with Gasteiger partial charge in [0, 0.05) is 30.2 Å². The highest BCUT2D eigenvalue weighted by Crippen LogP contribution is 2.39. The summed E-state index contributed by atoms with van der Waals surface area (Å²) in [5, 5.41) is 10.8. The lowest BCUT2D eigenvalue weighted by Gasteiger charge is -2.26. The average molecular weight is 502 g/mol. The molecule has 0 aliphatic carbocycles. The van der Waals surface area contributed by atoms with E-state index in [9.17, 15) is 14.0 Å². The number of ether oxygens (including phenoxy) is 1. The zero-order valence-corrected chi connectivity index (χ0v) is 20.7. The number of hydrogen-bond acceptors (Lipinski definition) is 5. The Morgan fingerprint density at radius 2 is 2.00 bits per heavy atom. The van der Waals surface area contributed by atoms with Crippen molar-refractivity contribution in [2.45, 2.75) is 32.4 Å². The Morgan fingerprint density at radius 3 is 2.68 bits per heavy atom. The largest absolute Gasteiger partial charge is 0.496 e. The number of anilines is 1. The maximum absolute atomic E-state index is 13.6. The first-order chi connectivity index (χ1) is 17.9. The molecule has 9 heteroatoms. The van der Waals surface area contributed by atoms with Crippen LogP contribution in [0.15, 0.2) is 54.7 Å². The van der Waals surface area contributed by atoms with Crippen molar-refractivity contribution >= 4 is 28.4 Å². The van der Waals surface area contributed by atoms with Crippen molar-refractivity contribution in [2.24, 2.45) is 5.73 Å². The maximum Gasteiger partial charge on any atom is 0.255 e. The first kappa shape index (κ1) is 24.3. The van der Waals surface area contributed by atoms with Gasteiger partial charge in [-0.1, -0.05) is 24.3 Å². The topological polar surface area (TPSA) is 113 Å². The zero-order chi connectivity index (χ0) is 26.1. The van der Waals surface area contributed by atoms with Gasteiger partial charge in [0.05, 0.1) is 30.0 Å². The number of amides is 2. The second kappa shape index (κ2) is 9.93. The molecule has 4 aromatic rings. The molecule has 2 amide bonds. The predicted octanol–water partition coefficient (Wildman–Crippen LogP) is 4.40. The molecule has 1 aliphatic heterocycles. The number of primary amides is 1. The Labute approximate surface area is 213 Å². The Kier molecular flexibility index (Phi) is 6.52. The first-order valence-corrected chi connectivity index (χ1v) is 12.1. The molecular weight excluding hydrogens is 473 g/mol. The molecule has 1 aromatic heterocycles. The van der Waals surface area contributed by atoms with Crippen LogP contribution in [0, 0.1) is 5.82 Å². The second-order valence-corrected chi connectivity index (χ2v) is 9.25. The number of halogens is 1. The fourth-order valence-electron chi connectivity index (χ4n) is 5.04. The molecule has 4 N–H and O–H groups in total. The van der Waals surface area contributed by atoms with Crippen molar-refractivity contribution < 1.29 is 18.7 Å². The number of aromatic nitrogens is 2. The number of hydrogen-bond donors (Lipinski definition) is 3. The molecule has 1 saturated heterocycles. The van der Waals surface area contributed by atoms with E-state index in [1.807, 2.05) is 30.3 Å². The van der Waals surface area contributed by atoms with Gasteiger partial charge < -0.3 is 20.7 Å². The standard InChI is InChI=1S/C28H28FN5O3/c1-16-4-3-11-34(16)23-13-20(25(27(30)35)26-22(23)15-32-33-26)18-7-5-17(6-8-18)14-31-28(36)21-12-19(29)9-10-24(21)37-2/h5-10,12-13,15-16H,3-4,11,14H2,1-2H3,(H2,30,35)(H,31,36)(H,32,33). The molecule has 0 spiro atoms. The van der Waals surface area contributed by atoms with Gasteiger partial charge in [0.15, 0.2) is 0 Å². The Bertz CT molecular complexity index is 1480. The highest BCUT2D eigenvalue weighted by atomic mass is 19.1. The smallest absolute Gasteiger partial charge is 0.255 e. The number of carbonyl (C=O) groups excluding carboxylic acids is 2. The van der Waals surface area contributed by atoms with Gasteiger partial charge in [0.2, 0.25) is 0 Å². The van der Waals surface area contributed by atoms with E-state index in [-0.39, 0.29) is 12.1 Å². The summed E-state index contributed by atoms with van der Waals surface area (Å²) < 4.78 is 18.8. The van der Waals surface area contributed by atoms with E-state index in [1.54, 1.807) is 6.20 Å². The normalized spacial score (nSPS) is 15.2. The molecular formula is C28H28FN5O3. The summed E-state index contributed by atoms with van der Waals surface area (Å²) in [7, 11) is 1.43. The number of nitrogens with two attached hydrogens (primary N) is 1. The van der Waals surface area contributed by atoms with Gasteiger partial charge in [0.1, 0.15) is 11.6 Å². The van der Waals surface area contributed by atoms with Crippen LogP contribution in [-0.2, 0) is 6.54 Å². The monoisotopic (exact) mass is 501 g/mol. The summed E-state index contributed by atoms with van der Waals surface area (Å²) in [5.74, 6) is -1.20. The van der Waals surface area contributed by atoms with Crippen molar-refractivity contribution in [3.8, 4) is 16.9 Å². The highest BCUT2D eigenvalue weighted by Gasteiger charge is 2.26. The third kappa shape index (κ3) is 4.60. The molecule has 1 unspecified atom stereocenters. The fraction of sp³-hybridized carbons (Fsp3) is 0.250. The number of rotatable bonds is 7. The van der Waals surface area contributed by atoms with Crippen LogP contribution in [0.2, 0.25) is 0 Å². The van der Waals surface area contributed by atoms with Crippen LogP contribution in [0.3, 0.4) is 0 Å². The second-order valence-electron chi connectivity index (χ2n) is 9.25. The highest BCUT2D eigenvalue weighted by molar-refractivity contribution is 6.13. The third-order valence-electron chi connectivity index (χ3n) is 6.95. The molecule has 37 heavy (non-hydrogen) atoms. The summed E-state index contributed by atoms with van der Waals surface area (Å²) in [6.45, 7) is 3.37. The number of fused-ring (bicyclic) bond motifs is 1. The van der Waals surface area contributed by atoms with Gasteiger partial charge in [-0.2, -0.15) is 5.10 Å².